The van der Waals surface area contributed by atoms with Gasteiger partial charge >= 0.3 is 0 Å². The van der Waals surface area contributed by atoms with Crippen molar-refractivity contribution < 1.29 is 5.11 Å². The van der Waals surface area contributed by atoms with Crippen LogP contribution in [-0.4, -0.2) is 39.0 Å². The maximum Gasteiger partial charge on any atom is 0.0968 e. The van der Waals surface area contributed by atoms with Crippen LogP contribution in [0, 0.1) is 5.92 Å². The van der Waals surface area contributed by atoms with Crippen molar-refractivity contribution in [2.45, 2.75) is 26.0 Å². The predicted molar refractivity (Wildman–Crippen MR) is 83.7 cm³/mol. The van der Waals surface area contributed by atoms with Crippen LogP contribution >= 0.6 is 0 Å². The van der Waals surface area contributed by atoms with Crippen LogP contribution in [0.3, 0.4) is 0 Å². The van der Waals surface area contributed by atoms with Crippen molar-refractivity contribution in [2.24, 2.45) is 13.0 Å². The molecule has 1 aromatic heterocycles. The van der Waals surface area contributed by atoms with Crippen LogP contribution in [0.4, 0.5) is 0 Å². The van der Waals surface area contributed by atoms with Crippen molar-refractivity contribution in [3.63, 3.8) is 0 Å². The molecule has 2 aromatic rings. The molecule has 0 amide bonds. The Morgan fingerprint density at radius 2 is 2.10 bits per heavy atom. The van der Waals surface area contributed by atoms with Crippen LogP contribution in [-0.2, 0) is 13.6 Å². The molecule has 21 heavy (non-hydrogen) atoms. The first-order valence-corrected chi connectivity index (χ1v) is 7.62. The zero-order chi connectivity index (χ0) is 14.8. The van der Waals surface area contributed by atoms with E-state index in [1.807, 2.05) is 36.9 Å². The lowest BCUT2D eigenvalue weighted by molar-refractivity contribution is 0.127. The average Bonchev–Trinajstić information content (AvgIpc) is 3.07. The van der Waals surface area contributed by atoms with E-state index in [4.69, 9.17) is 0 Å². The van der Waals surface area contributed by atoms with Crippen LogP contribution in [0.1, 0.15) is 18.9 Å². The Labute approximate surface area is 126 Å². The minimum atomic E-state index is -0.211. The summed E-state index contributed by atoms with van der Waals surface area (Å²) in [6, 6.07) is 10.3. The van der Waals surface area contributed by atoms with Gasteiger partial charge in [-0.15, -0.1) is 0 Å². The number of rotatable bonds is 4. The number of hydrogen-bond donors (Lipinski definition) is 1. The third-order valence-electron chi connectivity index (χ3n) is 4.34. The molecule has 1 aliphatic heterocycles. The zero-order valence-electron chi connectivity index (χ0n) is 12.7. The second-order valence-electron chi connectivity index (χ2n) is 6.07. The molecule has 1 fully saturated rings. The molecule has 2 heterocycles. The summed E-state index contributed by atoms with van der Waals surface area (Å²) in [7, 11) is 1.97. The molecule has 2 atom stereocenters. The lowest BCUT2D eigenvalue weighted by Gasteiger charge is -2.17. The summed E-state index contributed by atoms with van der Waals surface area (Å²) in [5, 5.41) is 14.3. The largest absolute Gasteiger partial charge is 0.393 e. The van der Waals surface area contributed by atoms with Gasteiger partial charge in [0.05, 0.1) is 11.8 Å². The predicted octanol–water partition coefficient (Wildman–Crippen LogP) is 2.29. The summed E-state index contributed by atoms with van der Waals surface area (Å²) >= 11 is 0. The highest BCUT2D eigenvalue weighted by Gasteiger charge is 2.26. The number of benzene rings is 1. The standard InChI is InChI=1S/C17H23N3O/c1-13(21)15-8-9-20(11-15)12-16-10-19(2)18-17(16)14-6-4-3-5-7-14/h3-7,10,13,15,21H,8-9,11-12H2,1-2H3. The maximum absolute atomic E-state index is 9.73. The molecule has 1 aliphatic rings. The second-order valence-corrected chi connectivity index (χ2v) is 6.07. The summed E-state index contributed by atoms with van der Waals surface area (Å²) in [5.41, 5.74) is 3.49. The zero-order valence-corrected chi connectivity index (χ0v) is 12.7. The Morgan fingerprint density at radius 3 is 2.76 bits per heavy atom. The Bertz CT molecular complexity index is 591. The number of likely N-dealkylation sites (tertiary alicyclic amines) is 1. The average molecular weight is 285 g/mol. The summed E-state index contributed by atoms with van der Waals surface area (Å²) < 4.78 is 1.89. The Kier molecular flexibility index (Phi) is 4.08. The number of aliphatic hydroxyl groups excluding tert-OH is 1. The molecular formula is C17H23N3O. The number of aryl methyl sites for hydroxylation is 1. The fourth-order valence-corrected chi connectivity index (χ4v) is 3.13. The molecule has 1 aromatic carbocycles. The SMILES string of the molecule is CC(O)C1CCN(Cc2cn(C)nc2-c2ccccc2)C1. The lowest BCUT2D eigenvalue weighted by atomic mass is 10.0. The van der Waals surface area contributed by atoms with Gasteiger partial charge in [-0.05, 0) is 25.8 Å². The molecule has 0 spiro atoms. The molecule has 1 N–H and O–H groups in total. The summed E-state index contributed by atoms with van der Waals surface area (Å²) in [6.45, 7) is 4.83. The van der Waals surface area contributed by atoms with Crippen LogP contribution in [0.2, 0.25) is 0 Å². The van der Waals surface area contributed by atoms with Crippen molar-refractivity contribution in [2.75, 3.05) is 13.1 Å². The minimum absolute atomic E-state index is 0.211. The number of nitrogens with zero attached hydrogens (tertiary/aromatic N) is 3. The van der Waals surface area contributed by atoms with Gasteiger partial charge < -0.3 is 5.11 Å². The van der Waals surface area contributed by atoms with E-state index in [1.54, 1.807) is 0 Å². The van der Waals surface area contributed by atoms with Gasteiger partial charge in [-0.25, -0.2) is 0 Å². The van der Waals surface area contributed by atoms with Gasteiger partial charge in [0.15, 0.2) is 0 Å². The molecule has 112 valence electrons. The van der Waals surface area contributed by atoms with E-state index in [-0.39, 0.29) is 6.10 Å². The minimum Gasteiger partial charge on any atom is -0.393 e. The first-order valence-electron chi connectivity index (χ1n) is 7.62. The van der Waals surface area contributed by atoms with Crippen molar-refractivity contribution in [1.82, 2.24) is 14.7 Å². The highest BCUT2D eigenvalue weighted by atomic mass is 16.3. The number of aliphatic hydroxyl groups is 1. The first-order chi connectivity index (χ1) is 10.1. The third-order valence-corrected chi connectivity index (χ3v) is 4.34. The molecule has 3 rings (SSSR count). The molecule has 0 aliphatic carbocycles. The molecule has 0 bridgehead atoms. The number of hydrogen-bond acceptors (Lipinski definition) is 3. The quantitative estimate of drug-likeness (QED) is 0.937. The van der Waals surface area contributed by atoms with Crippen molar-refractivity contribution in [3.05, 3.63) is 42.1 Å². The van der Waals surface area contributed by atoms with Crippen LogP contribution < -0.4 is 0 Å². The van der Waals surface area contributed by atoms with Crippen molar-refractivity contribution in [3.8, 4) is 11.3 Å². The Morgan fingerprint density at radius 1 is 1.33 bits per heavy atom. The second kappa shape index (κ2) is 6.00. The fourth-order valence-electron chi connectivity index (χ4n) is 3.13. The molecule has 1 saturated heterocycles. The van der Waals surface area contributed by atoms with Gasteiger partial charge in [0.1, 0.15) is 0 Å². The van der Waals surface area contributed by atoms with Crippen LogP contribution in [0.15, 0.2) is 36.5 Å². The van der Waals surface area contributed by atoms with Crippen molar-refractivity contribution >= 4 is 0 Å². The summed E-state index contributed by atoms with van der Waals surface area (Å²) in [5.74, 6) is 0.404. The number of aromatic nitrogens is 2. The van der Waals surface area contributed by atoms with Gasteiger partial charge in [-0.2, -0.15) is 5.10 Å². The van der Waals surface area contributed by atoms with Gasteiger partial charge in [0, 0.05) is 37.5 Å². The van der Waals surface area contributed by atoms with Gasteiger partial charge in [0.2, 0.25) is 0 Å². The summed E-state index contributed by atoms with van der Waals surface area (Å²) in [6.07, 6.45) is 2.98. The molecule has 2 unspecified atom stereocenters. The van der Waals surface area contributed by atoms with Crippen molar-refractivity contribution in [1.29, 1.82) is 0 Å². The van der Waals surface area contributed by atoms with E-state index in [1.165, 1.54) is 11.1 Å². The van der Waals surface area contributed by atoms with Crippen LogP contribution in [0.25, 0.3) is 11.3 Å². The van der Waals surface area contributed by atoms with E-state index < -0.39 is 0 Å². The highest BCUT2D eigenvalue weighted by Crippen LogP contribution is 2.26. The third kappa shape index (κ3) is 3.17. The monoisotopic (exact) mass is 285 g/mol. The molecule has 4 nitrogen and oxygen atoms in total. The normalized spacial score (nSPS) is 20.8. The van der Waals surface area contributed by atoms with E-state index in [0.717, 1.165) is 31.7 Å². The van der Waals surface area contributed by atoms with Gasteiger partial charge in [-0.1, -0.05) is 30.3 Å². The topological polar surface area (TPSA) is 41.3 Å². The highest BCUT2D eigenvalue weighted by molar-refractivity contribution is 5.62. The summed E-state index contributed by atoms with van der Waals surface area (Å²) in [4.78, 5) is 2.42. The lowest BCUT2D eigenvalue weighted by Crippen LogP contribution is -2.24. The van der Waals surface area contributed by atoms with Crippen LogP contribution in [0.5, 0.6) is 0 Å². The fraction of sp³-hybridized carbons (Fsp3) is 0.471. The smallest absolute Gasteiger partial charge is 0.0968 e. The molecule has 0 radical (unpaired) electrons. The molecule has 4 heteroatoms. The first kappa shape index (κ1) is 14.3. The Balaban J connectivity index is 1.78. The van der Waals surface area contributed by atoms with Gasteiger partial charge in [-0.3, -0.25) is 9.58 Å². The van der Waals surface area contributed by atoms with E-state index in [2.05, 4.69) is 28.3 Å². The van der Waals surface area contributed by atoms with E-state index >= 15 is 0 Å². The maximum atomic E-state index is 9.73. The molecular weight excluding hydrogens is 262 g/mol. The van der Waals surface area contributed by atoms with E-state index in [9.17, 15) is 5.11 Å². The Hall–Kier alpha value is -1.65. The molecule has 0 saturated carbocycles. The van der Waals surface area contributed by atoms with E-state index in [0.29, 0.717) is 5.92 Å². The van der Waals surface area contributed by atoms with Gasteiger partial charge in [0.25, 0.3) is 0 Å².